The Morgan fingerprint density at radius 2 is 2.00 bits per heavy atom. The van der Waals surface area contributed by atoms with Crippen molar-refractivity contribution in [3.8, 4) is 0 Å². The lowest BCUT2D eigenvalue weighted by atomic mass is 9.80. The Bertz CT molecular complexity index is 461. The summed E-state index contributed by atoms with van der Waals surface area (Å²) in [4.78, 5) is 3.85. The van der Waals surface area contributed by atoms with Crippen molar-refractivity contribution >= 4 is 19.7 Å². The Balaban J connectivity index is 2.82. The Hall–Kier alpha value is -0.620. The molecule has 0 aliphatic heterocycles. The molecule has 1 rings (SSSR count). The summed E-state index contributed by atoms with van der Waals surface area (Å²) in [6.45, 7) is 8.44. The summed E-state index contributed by atoms with van der Waals surface area (Å²) in [5.41, 5.74) is 0.132. The van der Waals surface area contributed by atoms with Gasteiger partial charge in [0.15, 0.2) is 0 Å². The first kappa shape index (κ1) is 13.4. The van der Waals surface area contributed by atoms with Crippen molar-refractivity contribution in [3.63, 3.8) is 0 Å². The van der Waals surface area contributed by atoms with E-state index in [1.54, 1.807) is 0 Å². The molecule has 1 heterocycles. The number of aromatic nitrogens is 3. The van der Waals surface area contributed by atoms with Gasteiger partial charge in [0.25, 0.3) is 14.2 Å². The Labute approximate surface area is 100 Å². The minimum Gasteiger partial charge on any atom is -0.262 e. The molecule has 5 nitrogen and oxygen atoms in total. The third kappa shape index (κ3) is 3.45. The van der Waals surface area contributed by atoms with E-state index in [0.29, 0.717) is 18.2 Å². The fraction of sp³-hybridized carbons (Fsp3) is 0.778. The van der Waals surface area contributed by atoms with Gasteiger partial charge in [0.05, 0.1) is 0 Å². The highest BCUT2D eigenvalue weighted by atomic mass is 35.7. The number of H-pyrrole nitrogens is 1. The lowest BCUT2D eigenvalue weighted by Crippen LogP contribution is -2.20. The molecule has 0 fully saturated rings. The highest BCUT2D eigenvalue weighted by molar-refractivity contribution is 8.13. The third-order valence-corrected chi connectivity index (χ3v) is 3.74. The number of aromatic amines is 1. The van der Waals surface area contributed by atoms with Crippen LogP contribution < -0.4 is 0 Å². The van der Waals surface area contributed by atoms with Crippen molar-refractivity contribution in [1.82, 2.24) is 15.2 Å². The standard InChI is InChI=1S/C9H16ClN3O2S/c1-6(9(2,3)4)5-7-11-8(13-12-7)16(10,14)15/h6H,5H2,1-4H3,(H,11,12,13). The predicted molar refractivity (Wildman–Crippen MR) is 61.7 cm³/mol. The smallest absolute Gasteiger partial charge is 0.262 e. The first-order valence-electron chi connectivity index (χ1n) is 4.96. The van der Waals surface area contributed by atoms with E-state index in [2.05, 4.69) is 42.9 Å². The van der Waals surface area contributed by atoms with Crippen molar-refractivity contribution in [2.24, 2.45) is 11.3 Å². The second-order valence-corrected chi connectivity index (χ2v) is 7.43. The third-order valence-electron chi connectivity index (χ3n) is 2.71. The quantitative estimate of drug-likeness (QED) is 0.848. The molecule has 7 heteroatoms. The van der Waals surface area contributed by atoms with Gasteiger partial charge in [-0.3, -0.25) is 5.10 Å². The molecule has 0 aromatic carbocycles. The summed E-state index contributed by atoms with van der Waals surface area (Å²) in [6, 6.07) is 0. The molecule has 1 unspecified atom stereocenters. The van der Waals surface area contributed by atoms with Gasteiger partial charge in [-0.2, -0.15) is 0 Å². The normalized spacial score (nSPS) is 15.1. The van der Waals surface area contributed by atoms with Gasteiger partial charge in [0.2, 0.25) is 0 Å². The molecule has 92 valence electrons. The van der Waals surface area contributed by atoms with Crippen molar-refractivity contribution in [2.45, 2.75) is 39.3 Å². The van der Waals surface area contributed by atoms with Crippen LogP contribution in [0.15, 0.2) is 5.16 Å². The molecule has 1 aromatic heterocycles. The fourth-order valence-corrected chi connectivity index (χ4v) is 1.66. The van der Waals surface area contributed by atoms with Crippen LogP contribution in [0.3, 0.4) is 0 Å². The van der Waals surface area contributed by atoms with E-state index in [1.807, 2.05) is 0 Å². The van der Waals surface area contributed by atoms with E-state index in [0.717, 1.165) is 0 Å². The minimum atomic E-state index is -3.83. The second-order valence-electron chi connectivity index (χ2n) is 4.97. The van der Waals surface area contributed by atoms with Crippen LogP contribution in [-0.2, 0) is 15.5 Å². The second kappa shape index (κ2) is 4.33. The number of hydrogen-bond donors (Lipinski definition) is 1. The molecule has 16 heavy (non-hydrogen) atoms. The molecular weight excluding hydrogens is 250 g/mol. The first-order chi connectivity index (χ1) is 7.10. The van der Waals surface area contributed by atoms with E-state index in [4.69, 9.17) is 10.7 Å². The van der Waals surface area contributed by atoms with Crippen molar-refractivity contribution in [1.29, 1.82) is 0 Å². The van der Waals surface area contributed by atoms with Crippen LogP contribution >= 0.6 is 10.7 Å². The number of hydrogen-bond acceptors (Lipinski definition) is 4. The van der Waals surface area contributed by atoms with Crippen molar-refractivity contribution < 1.29 is 8.42 Å². The number of nitrogens with one attached hydrogen (secondary N) is 1. The van der Waals surface area contributed by atoms with E-state index in [-0.39, 0.29) is 10.6 Å². The lowest BCUT2D eigenvalue weighted by Gasteiger charge is -2.26. The van der Waals surface area contributed by atoms with E-state index in [1.165, 1.54) is 0 Å². The van der Waals surface area contributed by atoms with Crippen LogP contribution in [0.1, 0.15) is 33.5 Å². The minimum absolute atomic E-state index is 0.132. The zero-order valence-electron chi connectivity index (χ0n) is 9.78. The monoisotopic (exact) mass is 265 g/mol. The largest absolute Gasteiger partial charge is 0.298 e. The highest BCUT2D eigenvalue weighted by Gasteiger charge is 2.23. The Morgan fingerprint density at radius 3 is 2.38 bits per heavy atom. The maximum absolute atomic E-state index is 10.9. The summed E-state index contributed by atoms with van der Waals surface area (Å²) in [7, 11) is 1.29. The highest BCUT2D eigenvalue weighted by Crippen LogP contribution is 2.27. The molecule has 0 spiro atoms. The maximum Gasteiger partial charge on any atom is 0.298 e. The zero-order valence-corrected chi connectivity index (χ0v) is 11.4. The molecule has 0 radical (unpaired) electrons. The summed E-state index contributed by atoms with van der Waals surface area (Å²) >= 11 is 0. The molecule has 0 aliphatic carbocycles. The summed E-state index contributed by atoms with van der Waals surface area (Å²) < 4.78 is 21.9. The fourth-order valence-electron chi connectivity index (χ4n) is 1.07. The Kier molecular flexibility index (Phi) is 3.64. The van der Waals surface area contributed by atoms with E-state index < -0.39 is 9.05 Å². The molecule has 0 aliphatic rings. The van der Waals surface area contributed by atoms with Gasteiger partial charge >= 0.3 is 0 Å². The zero-order chi connectivity index (χ0) is 12.6. The molecule has 1 aromatic rings. The van der Waals surface area contributed by atoms with Gasteiger partial charge in [0, 0.05) is 17.1 Å². The Morgan fingerprint density at radius 1 is 1.44 bits per heavy atom. The van der Waals surface area contributed by atoms with Crippen LogP contribution in [0, 0.1) is 11.3 Å². The van der Waals surface area contributed by atoms with Crippen LogP contribution in [-0.4, -0.2) is 23.6 Å². The maximum atomic E-state index is 10.9. The molecule has 0 saturated carbocycles. The average molecular weight is 266 g/mol. The summed E-state index contributed by atoms with van der Waals surface area (Å²) in [5.74, 6) is 0.896. The van der Waals surface area contributed by atoms with Crippen LogP contribution in [0.4, 0.5) is 0 Å². The van der Waals surface area contributed by atoms with Crippen LogP contribution in [0.2, 0.25) is 0 Å². The topological polar surface area (TPSA) is 75.7 Å². The molecule has 1 N–H and O–H groups in total. The summed E-state index contributed by atoms with van der Waals surface area (Å²) in [6.07, 6.45) is 0.642. The predicted octanol–water partition coefficient (Wildman–Crippen LogP) is 1.96. The van der Waals surface area contributed by atoms with E-state index in [9.17, 15) is 8.42 Å². The number of nitrogens with zero attached hydrogens (tertiary/aromatic N) is 2. The average Bonchev–Trinajstić information content (AvgIpc) is 2.49. The summed E-state index contributed by atoms with van der Waals surface area (Å²) in [5, 5.41) is 5.80. The molecule has 0 saturated heterocycles. The number of halogens is 1. The number of rotatable bonds is 3. The van der Waals surface area contributed by atoms with Gasteiger partial charge in [-0.1, -0.05) is 27.7 Å². The van der Waals surface area contributed by atoms with Crippen LogP contribution in [0.25, 0.3) is 0 Å². The van der Waals surface area contributed by atoms with Crippen molar-refractivity contribution in [3.05, 3.63) is 5.82 Å². The lowest BCUT2D eigenvalue weighted by molar-refractivity contribution is 0.257. The van der Waals surface area contributed by atoms with E-state index >= 15 is 0 Å². The van der Waals surface area contributed by atoms with Gasteiger partial charge in [0.1, 0.15) is 5.82 Å². The SMILES string of the molecule is CC(Cc1nc(S(=O)(=O)Cl)n[nH]1)C(C)(C)C. The molecular formula is C9H16ClN3O2S. The van der Waals surface area contributed by atoms with Crippen LogP contribution in [0.5, 0.6) is 0 Å². The van der Waals surface area contributed by atoms with Crippen molar-refractivity contribution in [2.75, 3.05) is 0 Å². The molecule has 1 atom stereocenters. The van der Waals surface area contributed by atoms with Gasteiger partial charge in [-0.05, 0) is 11.3 Å². The van der Waals surface area contributed by atoms with Gasteiger partial charge < -0.3 is 0 Å². The van der Waals surface area contributed by atoms with Gasteiger partial charge in [-0.25, -0.2) is 13.4 Å². The molecule has 0 bridgehead atoms. The van der Waals surface area contributed by atoms with Gasteiger partial charge in [-0.15, -0.1) is 5.10 Å². The molecule has 0 amide bonds. The first-order valence-corrected chi connectivity index (χ1v) is 7.27.